The largest absolute Gasteiger partial charge is 0.493 e. The molecule has 0 saturated carbocycles. The summed E-state index contributed by atoms with van der Waals surface area (Å²) in [6, 6.07) is 6.80. The number of hydrogen-bond acceptors (Lipinski definition) is 7. The number of anilines is 1. The number of ether oxygens (including phenoxy) is 2. The van der Waals surface area contributed by atoms with Crippen molar-refractivity contribution < 1.29 is 23.8 Å². The minimum atomic E-state index is -0.985. The zero-order valence-electron chi connectivity index (χ0n) is 26.4. The number of rotatable bonds is 12. The van der Waals surface area contributed by atoms with E-state index in [0.29, 0.717) is 31.9 Å². The second-order valence-corrected chi connectivity index (χ2v) is 13.3. The van der Waals surface area contributed by atoms with Crippen molar-refractivity contribution in [1.29, 1.82) is 0 Å². The second-order valence-electron chi connectivity index (χ2n) is 13.3. The highest BCUT2D eigenvalue weighted by molar-refractivity contribution is 5.77. The van der Waals surface area contributed by atoms with Gasteiger partial charge in [0.25, 0.3) is 0 Å². The van der Waals surface area contributed by atoms with Gasteiger partial charge in [0.15, 0.2) is 11.6 Å². The maximum absolute atomic E-state index is 15.4. The summed E-state index contributed by atoms with van der Waals surface area (Å²) in [6.45, 7) is 8.71. The van der Waals surface area contributed by atoms with E-state index in [1.165, 1.54) is 25.2 Å². The van der Waals surface area contributed by atoms with E-state index in [2.05, 4.69) is 43.2 Å². The molecule has 236 valence electrons. The average molecular weight is 597 g/mol. The molecule has 9 heteroatoms. The molecule has 2 N–H and O–H groups in total. The normalized spacial score (nSPS) is 22.7. The molecule has 3 aliphatic heterocycles. The van der Waals surface area contributed by atoms with Crippen LogP contribution in [0.1, 0.15) is 87.2 Å². The van der Waals surface area contributed by atoms with Crippen LogP contribution in [-0.2, 0) is 27.8 Å². The van der Waals surface area contributed by atoms with Gasteiger partial charge in [-0.3, -0.25) is 14.6 Å². The maximum atomic E-state index is 15.4. The smallest absolute Gasteiger partial charge is 0.325 e. The van der Waals surface area contributed by atoms with Crippen molar-refractivity contribution in [2.45, 2.75) is 88.6 Å². The molecule has 0 aliphatic carbocycles. The predicted octanol–water partition coefficient (Wildman–Crippen LogP) is 5.59. The number of fused-ring (bicyclic) bond motifs is 1. The molecule has 2 aromatic rings. The fourth-order valence-electron chi connectivity index (χ4n) is 7.10. The number of unbranched alkanes of at least 4 members (excludes halogenated alkanes) is 2. The predicted molar refractivity (Wildman–Crippen MR) is 167 cm³/mol. The van der Waals surface area contributed by atoms with E-state index in [1.54, 1.807) is 0 Å². The minimum Gasteiger partial charge on any atom is -0.493 e. The summed E-state index contributed by atoms with van der Waals surface area (Å²) in [4.78, 5) is 22.0. The zero-order chi connectivity index (χ0) is 30.6. The summed E-state index contributed by atoms with van der Waals surface area (Å²) in [5, 5.41) is 13.9. The number of benzene rings is 1. The van der Waals surface area contributed by atoms with Crippen LogP contribution >= 0.6 is 0 Å². The first kappa shape index (κ1) is 31.7. The van der Waals surface area contributed by atoms with Crippen molar-refractivity contribution in [3.63, 3.8) is 0 Å². The van der Waals surface area contributed by atoms with Gasteiger partial charge in [0.05, 0.1) is 7.11 Å². The van der Waals surface area contributed by atoms with Crippen molar-refractivity contribution in [3.05, 3.63) is 52.5 Å². The molecule has 4 heterocycles. The molecule has 0 spiro atoms. The summed E-state index contributed by atoms with van der Waals surface area (Å²) in [7, 11) is 3.56. The topological polar surface area (TPSA) is 87.2 Å². The zero-order valence-corrected chi connectivity index (χ0v) is 26.4. The first-order chi connectivity index (χ1) is 20.6. The molecule has 2 saturated heterocycles. The highest BCUT2D eigenvalue weighted by atomic mass is 19.1. The third kappa shape index (κ3) is 6.99. The summed E-state index contributed by atoms with van der Waals surface area (Å²) in [6.07, 6.45) is 8.92. The van der Waals surface area contributed by atoms with Crippen molar-refractivity contribution in [2.75, 3.05) is 58.9 Å². The van der Waals surface area contributed by atoms with E-state index in [-0.39, 0.29) is 16.7 Å². The number of likely N-dealkylation sites (N-methyl/N-ethyl adjacent to an activating group) is 1. The number of hydrogen-bond donors (Lipinski definition) is 2. The summed E-state index contributed by atoms with van der Waals surface area (Å²) < 4.78 is 26.5. The molecule has 0 radical (unpaired) electrons. The Morgan fingerprint density at radius 3 is 2.74 bits per heavy atom. The lowest BCUT2D eigenvalue weighted by atomic mass is 9.75. The van der Waals surface area contributed by atoms with E-state index in [9.17, 15) is 9.90 Å². The lowest BCUT2D eigenvalue weighted by molar-refractivity contribution is -0.143. The molecule has 0 unspecified atom stereocenters. The molecule has 43 heavy (non-hydrogen) atoms. The number of likely N-dealkylation sites (tertiary alicyclic amines) is 1. The standard InChI is InChI=1S/C34H49FN4O4/c1-33(14-19-43-20-15-33)25-21-27(30(42-4)28(35)22-25)29(32(40)41)39-18-13-34(2,23-39)38(3)17-7-5-6-10-26-12-11-24-9-8-16-36-31(24)37-26/h11-12,21-22,29H,5-10,13-20,23H2,1-4H3,(H,36,37)(H,40,41)/t29-,34+/m0/s1. The Bertz CT molecular complexity index is 1280. The number of halogens is 1. The van der Waals surface area contributed by atoms with Crippen LogP contribution in [0.15, 0.2) is 24.3 Å². The Hall–Kier alpha value is -2.75. The first-order valence-electron chi connectivity index (χ1n) is 16.0. The van der Waals surface area contributed by atoms with Gasteiger partial charge < -0.3 is 19.9 Å². The van der Waals surface area contributed by atoms with Crippen LogP contribution in [0.25, 0.3) is 0 Å². The van der Waals surface area contributed by atoms with Gasteiger partial charge in [-0.05, 0) is 107 Å². The van der Waals surface area contributed by atoms with Crippen LogP contribution in [0.3, 0.4) is 0 Å². The van der Waals surface area contributed by atoms with Gasteiger partial charge in [-0.2, -0.15) is 0 Å². The Labute approximate surface area is 256 Å². The third-order valence-corrected chi connectivity index (χ3v) is 10.2. The van der Waals surface area contributed by atoms with Crippen molar-refractivity contribution in [1.82, 2.24) is 14.8 Å². The van der Waals surface area contributed by atoms with Crippen molar-refractivity contribution in [3.8, 4) is 5.75 Å². The van der Waals surface area contributed by atoms with Crippen LogP contribution in [0.4, 0.5) is 10.2 Å². The first-order valence-corrected chi connectivity index (χ1v) is 16.0. The molecule has 1 aromatic heterocycles. The number of aromatic nitrogens is 1. The Morgan fingerprint density at radius 2 is 2.00 bits per heavy atom. The van der Waals surface area contributed by atoms with Crippen molar-refractivity contribution >= 4 is 11.8 Å². The molecule has 8 nitrogen and oxygen atoms in total. The monoisotopic (exact) mass is 596 g/mol. The van der Waals surface area contributed by atoms with Gasteiger partial charge in [0.1, 0.15) is 11.9 Å². The lowest BCUT2D eigenvalue weighted by Gasteiger charge is -2.37. The fourth-order valence-corrected chi connectivity index (χ4v) is 7.10. The Kier molecular flexibility index (Phi) is 9.93. The molecule has 5 rings (SSSR count). The average Bonchev–Trinajstić information content (AvgIpc) is 3.39. The van der Waals surface area contributed by atoms with Crippen LogP contribution in [0, 0.1) is 5.82 Å². The van der Waals surface area contributed by atoms with Gasteiger partial charge in [0.2, 0.25) is 0 Å². The number of carboxylic acids is 1. The highest BCUT2D eigenvalue weighted by Gasteiger charge is 2.44. The molecule has 2 atom stereocenters. The lowest BCUT2D eigenvalue weighted by Crippen LogP contribution is -2.47. The quantitative estimate of drug-likeness (QED) is 0.307. The number of aryl methyl sites for hydroxylation is 2. The number of carbonyl (C=O) groups is 1. The van der Waals surface area contributed by atoms with Gasteiger partial charge in [-0.25, -0.2) is 9.37 Å². The maximum Gasteiger partial charge on any atom is 0.325 e. The summed E-state index contributed by atoms with van der Waals surface area (Å²) in [5.41, 5.74) is 3.25. The van der Waals surface area contributed by atoms with E-state index in [4.69, 9.17) is 14.5 Å². The van der Waals surface area contributed by atoms with E-state index in [0.717, 1.165) is 81.5 Å². The number of nitrogens with one attached hydrogen (secondary N) is 1. The van der Waals surface area contributed by atoms with Gasteiger partial charge in [0, 0.05) is 49.6 Å². The van der Waals surface area contributed by atoms with Crippen LogP contribution in [0.5, 0.6) is 5.75 Å². The molecular weight excluding hydrogens is 547 g/mol. The molecule has 0 amide bonds. The molecule has 2 fully saturated rings. The SMILES string of the molecule is COc1c(F)cc(C2(C)CCOCC2)cc1[C@@H](C(=O)O)N1CC[C@@](C)(N(C)CCCCCc2ccc3c(n2)NCCC3)C1. The van der Waals surface area contributed by atoms with E-state index in [1.807, 2.05) is 11.0 Å². The minimum absolute atomic E-state index is 0.0259. The van der Waals surface area contributed by atoms with Crippen LogP contribution < -0.4 is 10.1 Å². The molecule has 0 bridgehead atoms. The molecular formula is C34H49FN4O4. The number of pyridine rings is 1. The number of methoxy groups -OCH3 is 1. The van der Waals surface area contributed by atoms with Crippen molar-refractivity contribution in [2.24, 2.45) is 0 Å². The van der Waals surface area contributed by atoms with Gasteiger partial charge in [-0.1, -0.05) is 19.4 Å². The Balaban J connectivity index is 1.21. The van der Waals surface area contributed by atoms with E-state index < -0.39 is 17.8 Å². The highest BCUT2D eigenvalue weighted by Crippen LogP contribution is 2.42. The summed E-state index contributed by atoms with van der Waals surface area (Å²) >= 11 is 0. The number of aliphatic carboxylic acids is 1. The molecule has 3 aliphatic rings. The van der Waals surface area contributed by atoms with Crippen LogP contribution in [0.2, 0.25) is 0 Å². The Morgan fingerprint density at radius 1 is 1.21 bits per heavy atom. The summed E-state index contributed by atoms with van der Waals surface area (Å²) in [5.74, 6) is -0.399. The number of carboxylic acid groups (broad SMARTS) is 1. The fraction of sp³-hybridized carbons (Fsp3) is 0.647. The van der Waals surface area contributed by atoms with Gasteiger partial charge >= 0.3 is 5.97 Å². The third-order valence-electron chi connectivity index (χ3n) is 10.2. The second kappa shape index (κ2) is 13.5. The molecule has 1 aromatic carbocycles. The number of nitrogens with zero attached hydrogens (tertiary/aromatic N) is 3. The van der Waals surface area contributed by atoms with Gasteiger partial charge in [-0.15, -0.1) is 0 Å². The van der Waals surface area contributed by atoms with E-state index >= 15 is 4.39 Å². The van der Waals surface area contributed by atoms with Crippen LogP contribution in [-0.4, -0.2) is 84.9 Å².